The summed E-state index contributed by atoms with van der Waals surface area (Å²) in [5, 5.41) is 3.10. The van der Waals surface area contributed by atoms with E-state index in [0.717, 1.165) is 32.1 Å². The van der Waals surface area contributed by atoms with Crippen LogP contribution in [-0.2, 0) is 10.0 Å². The maximum atomic E-state index is 12.4. The molecule has 0 bridgehead atoms. The predicted octanol–water partition coefficient (Wildman–Crippen LogP) is 3.41. The minimum absolute atomic E-state index is 0.0392. The van der Waals surface area contributed by atoms with E-state index in [1.807, 2.05) is 6.92 Å². The quantitative estimate of drug-likeness (QED) is 0.726. The molecule has 21 heavy (non-hydrogen) atoms. The number of pyridine rings is 1. The van der Waals surface area contributed by atoms with E-state index in [1.54, 1.807) is 7.05 Å². The molecule has 1 aromatic heterocycles. The fourth-order valence-electron chi connectivity index (χ4n) is 2.10. The molecule has 0 saturated carbocycles. The number of sulfonamides is 1. The fourth-order valence-corrected chi connectivity index (χ4v) is 3.70. The molecule has 0 radical (unpaired) electrons. The van der Waals surface area contributed by atoms with Crippen molar-refractivity contribution in [2.75, 3.05) is 12.4 Å². The van der Waals surface area contributed by atoms with Gasteiger partial charge in [0.15, 0.2) is 0 Å². The van der Waals surface area contributed by atoms with E-state index in [4.69, 9.17) is 11.6 Å². The zero-order valence-electron chi connectivity index (χ0n) is 12.8. The lowest BCUT2D eigenvalue weighted by atomic mass is 10.1. The monoisotopic (exact) mass is 333 g/mol. The second kappa shape index (κ2) is 8.56. The Labute approximate surface area is 132 Å². The van der Waals surface area contributed by atoms with Gasteiger partial charge in [-0.15, -0.1) is 0 Å². The number of nitrogens with zero attached hydrogens (tertiary/aromatic N) is 1. The van der Waals surface area contributed by atoms with Crippen molar-refractivity contribution in [1.82, 2.24) is 9.71 Å². The Morgan fingerprint density at radius 3 is 2.52 bits per heavy atom. The van der Waals surface area contributed by atoms with E-state index in [0.29, 0.717) is 10.8 Å². The van der Waals surface area contributed by atoms with Gasteiger partial charge >= 0.3 is 0 Å². The van der Waals surface area contributed by atoms with Gasteiger partial charge in [0.25, 0.3) is 0 Å². The average molecular weight is 334 g/mol. The van der Waals surface area contributed by atoms with Crippen LogP contribution in [0.25, 0.3) is 0 Å². The summed E-state index contributed by atoms with van der Waals surface area (Å²) in [6, 6.07) is 1.38. The third kappa shape index (κ3) is 5.45. The molecule has 0 aliphatic rings. The topological polar surface area (TPSA) is 71.1 Å². The van der Waals surface area contributed by atoms with Crippen LogP contribution in [0.2, 0.25) is 5.02 Å². The summed E-state index contributed by atoms with van der Waals surface area (Å²) in [4.78, 5) is 4.12. The molecule has 0 spiro atoms. The molecule has 0 aromatic carbocycles. The van der Waals surface area contributed by atoms with E-state index >= 15 is 0 Å². The van der Waals surface area contributed by atoms with Gasteiger partial charge in [-0.05, 0) is 18.9 Å². The number of halogens is 1. The van der Waals surface area contributed by atoms with Gasteiger partial charge in [0.2, 0.25) is 10.0 Å². The van der Waals surface area contributed by atoms with Crippen LogP contribution in [0.5, 0.6) is 0 Å². The number of unbranched alkanes of at least 4 members (excludes halogenated alkanes) is 1. The number of nitrogens with one attached hydrogen (secondary N) is 2. The average Bonchev–Trinajstić information content (AvgIpc) is 2.44. The first-order valence-electron chi connectivity index (χ1n) is 7.30. The SMILES string of the molecule is CCCCC(CCC)NS(=O)(=O)c1cnc(NC)c(Cl)c1. The number of rotatable bonds is 9. The highest BCUT2D eigenvalue weighted by Crippen LogP contribution is 2.22. The molecule has 0 fully saturated rings. The molecule has 0 saturated heterocycles. The van der Waals surface area contributed by atoms with Crippen molar-refractivity contribution in [2.45, 2.75) is 56.9 Å². The summed E-state index contributed by atoms with van der Waals surface area (Å²) < 4.78 is 27.6. The summed E-state index contributed by atoms with van der Waals surface area (Å²) in [7, 11) is -1.90. The highest BCUT2D eigenvalue weighted by atomic mass is 35.5. The molecule has 1 unspecified atom stereocenters. The standard InChI is InChI=1S/C14H24ClN3O2S/c1-4-6-8-11(7-5-2)18-21(19,20)12-9-13(15)14(16-3)17-10-12/h9-11,18H,4-8H2,1-3H3,(H,16,17). The molecular weight excluding hydrogens is 310 g/mol. The predicted molar refractivity (Wildman–Crippen MR) is 87.3 cm³/mol. The number of anilines is 1. The Morgan fingerprint density at radius 1 is 1.29 bits per heavy atom. The molecule has 120 valence electrons. The third-order valence-corrected chi connectivity index (χ3v) is 5.00. The fraction of sp³-hybridized carbons (Fsp3) is 0.643. The zero-order chi connectivity index (χ0) is 15.9. The minimum Gasteiger partial charge on any atom is -0.372 e. The van der Waals surface area contributed by atoms with Gasteiger partial charge < -0.3 is 5.32 Å². The lowest BCUT2D eigenvalue weighted by Crippen LogP contribution is -2.34. The summed E-state index contributed by atoms with van der Waals surface area (Å²) in [6.45, 7) is 4.14. The number of hydrogen-bond donors (Lipinski definition) is 2. The molecule has 7 heteroatoms. The van der Waals surface area contributed by atoms with Crippen LogP contribution in [0, 0.1) is 0 Å². The molecule has 2 N–H and O–H groups in total. The summed E-state index contributed by atoms with van der Waals surface area (Å²) >= 11 is 6.00. The van der Waals surface area contributed by atoms with Crippen LogP contribution in [0.15, 0.2) is 17.2 Å². The van der Waals surface area contributed by atoms with Gasteiger partial charge in [-0.3, -0.25) is 0 Å². The van der Waals surface area contributed by atoms with Crippen LogP contribution in [0.4, 0.5) is 5.82 Å². The van der Waals surface area contributed by atoms with Gasteiger partial charge in [-0.2, -0.15) is 0 Å². The molecule has 5 nitrogen and oxygen atoms in total. The molecule has 0 aliphatic carbocycles. The Kier molecular flexibility index (Phi) is 7.42. The largest absolute Gasteiger partial charge is 0.372 e. The summed E-state index contributed by atoms with van der Waals surface area (Å²) in [6.07, 6.45) is 5.99. The lowest BCUT2D eigenvalue weighted by Gasteiger charge is -2.18. The Morgan fingerprint density at radius 2 is 2.00 bits per heavy atom. The van der Waals surface area contributed by atoms with Crippen molar-refractivity contribution in [2.24, 2.45) is 0 Å². The smallest absolute Gasteiger partial charge is 0.242 e. The summed E-state index contributed by atoms with van der Waals surface area (Å²) in [5.74, 6) is 0.465. The van der Waals surface area contributed by atoms with Crippen LogP contribution in [0.3, 0.4) is 0 Å². The number of hydrogen-bond acceptors (Lipinski definition) is 4. The van der Waals surface area contributed by atoms with Crippen molar-refractivity contribution in [3.05, 3.63) is 17.3 Å². The first-order chi connectivity index (χ1) is 9.94. The molecule has 1 aromatic rings. The van der Waals surface area contributed by atoms with Crippen molar-refractivity contribution in [3.63, 3.8) is 0 Å². The molecule has 0 amide bonds. The molecule has 0 aliphatic heterocycles. The van der Waals surface area contributed by atoms with Gasteiger partial charge in [0.05, 0.1) is 5.02 Å². The van der Waals surface area contributed by atoms with Crippen molar-refractivity contribution in [1.29, 1.82) is 0 Å². The Balaban J connectivity index is 2.90. The van der Waals surface area contributed by atoms with E-state index < -0.39 is 10.0 Å². The summed E-state index contributed by atoms with van der Waals surface area (Å²) in [5.41, 5.74) is 0. The van der Waals surface area contributed by atoms with E-state index in [-0.39, 0.29) is 10.9 Å². The van der Waals surface area contributed by atoms with Gasteiger partial charge in [-0.1, -0.05) is 44.7 Å². The van der Waals surface area contributed by atoms with Crippen molar-refractivity contribution < 1.29 is 8.42 Å². The highest BCUT2D eigenvalue weighted by molar-refractivity contribution is 7.89. The van der Waals surface area contributed by atoms with Gasteiger partial charge in [0, 0.05) is 19.3 Å². The molecular formula is C14H24ClN3O2S. The van der Waals surface area contributed by atoms with Crippen LogP contribution >= 0.6 is 11.6 Å². The Bertz CT molecular complexity index is 549. The van der Waals surface area contributed by atoms with Crippen molar-refractivity contribution in [3.8, 4) is 0 Å². The maximum absolute atomic E-state index is 12.4. The van der Waals surface area contributed by atoms with Crippen LogP contribution in [-0.4, -0.2) is 26.5 Å². The Hall–Kier alpha value is -0.850. The van der Waals surface area contributed by atoms with Crippen molar-refractivity contribution >= 4 is 27.4 Å². The van der Waals surface area contributed by atoms with Gasteiger partial charge in [-0.25, -0.2) is 18.1 Å². The van der Waals surface area contributed by atoms with Crippen LogP contribution < -0.4 is 10.0 Å². The third-order valence-electron chi connectivity index (χ3n) is 3.23. The molecule has 1 heterocycles. The lowest BCUT2D eigenvalue weighted by molar-refractivity contribution is 0.483. The number of aromatic nitrogens is 1. The highest BCUT2D eigenvalue weighted by Gasteiger charge is 2.20. The first-order valence-corrected chi connectivity index (χ1v) is 9.16. The van der Waals surface area contributed by atoms with E-state index in [2.05, 4.69) is 21.9 Å². The second-order valence-electron chi connectivity index (χ2n) is 5.00. The maximum Gasteiger partial charge on any atom is 0.242 e. The minimum atomic E-state index is -3.58. The van der Waals surface area contributed by atoms with Crippen LogP contribution in [0.1, 0.15) is 46.0 Å². The van der Waals surface area contributed by atoms with Gasteiger partial charge in [0.1, 0.15) is 10.7 Å². The van der Waals surface area contributed by atoms with E-state index in [9.17, 15) is 8.42 Å². The molecule has 1 atom stereocenters. The zero-order valence-corrected chi connectivity index (χ0v) is 14.4. The van der Waals surface area contributed by atoms with E-state index in [1.165, 1.54) is 12.3 Å². The normalized spacial score (nSPS) is 13.1. The first kappa shape index (κ1) is 18.2. The second-order valence-corrected chi connectivity index (χ2v) is 7.12. The molecule has 1 rings (SSSR count).